The lowest BCUT2D eigenvalue weighted by atomic mass is 10.4. The number of carbonyl (C=O) groups excluding carboxylic acids is 1. The summed E-state index contributed by atoms with van der Waals surface area (Å²) >= 11 is 1.44. The van der Waals surface area contributed by atoms with Gasteiger partial charge in [0.05, 0.1) is 6.54 Å². The standard InChI is InChI=1S/C8H10N2O3S/c1-5-4-14-7(10-5)3-9-6(11)2-8(12)13/h4H,2-3H2,1H3,(H,9,11)(H,12,13). The van der Waals surface area contributed by atoms with Crippen molar-refractivity contribution in [2.45, 2.75) is 19.9 Å². The van der Waals surface area contributed by atoms with E-state index in [1.54, 1.807) is 0 Å². The highest BCUT2D eigenvalue weighted by Crippen LogP contribution is 2.07. The Kier molecular flexibility index (Phi) is 3.58. The van der Waals surface area contributed by atoms with Crippen molar-refractivity contribution < 1.29 is 14.7 Å². The number of thiazole rings is 1. The number of hydrogen-bond donors (Lipinski definition) is 2. The quantitative estimate of drug-likeness (QED) is 0.717. The largest absolute Gasteiger partial charge is 0.481 e. The molecular formula is C8H10N2O3S. The second-order valence-electron chi connectivity index (χ2n) is 2.73. The molecule has 0 aromatic carbocycles. The van der Waals surface area contributed by atoms with Crippen molar-refractivity contribution >= 4 is 23.2 Å². The van der Waals surface area contributed by atoms with E-state index < -0.39 is 18.3 Å². The Morgan fingerprint density at radius 1 is 1.64 bits per heavy atom. The van der Waals surface area contributed by atoms with Gasteiger partial charge in [0.15, 0.2) is 0 Å². The lowest BCUT2D eigenvalue weighted by molar-refractivity contribution is -0.140. The Bertz CT molecular complexity index is 348. The predicted octanol–water partition coefficient (Wildman–Crippen LogP) is 0.542. The van der Waals surface area contributed by atoms with Crippen LogP contribution < -0.4 is 5.32 Å². The molecule has 5 nitrogen and oxygen atoms in total. The van der Waals surface area contributed by atoms with Crippen LogP contribution in [0, 0.1) is 6.92 Å². The van der Waals surface area contributed by atoms with Gasteiger partial charge in [0.25, 0.3) is 0 Å². The maximum atomic E-state index is 10.9. The molecule has 0 aliphatic carbocycles. The summed E-state index contributed by atoms with van der Waals surface area (Å²) in [4.78, 5) is 25.2. The van der Waals surface area contributed by atoms with Gasteiger partial charge < -0.3 is 10.4 Å². The fourth-order valence-electron chi connectivity index (χ4n) is 0.858. The van der Waals surface area contributed by atoms with E-state index in [0.29, 0.717) is 6.54 Å². The third-order valence-corrected chi connectivity index (χ3v) is 2.38. The zero-order chi connectivity index (χ0) is 10.6. The molecule has 0 atom stereocenters. The molecule has 1 heterocycles. The minimum absolute atomic E-state index is 0.296. The molecule has 0 aliphatic rings. The van der Waals surface area contributed by atoms with Gasteiger partial charge in [0.1, 0.15) is 11.4 Å². The smallest absolute Gasteiger partial charge is 0.312 e. The number of amides is 1. The first-order chi connectivity index (χ1) is 6.58. The van der Waals surface area contributed by atoms with Crippen molar-refractivity contribution in [3.05, 3.63) is 16.1 Å². The Morgan fingerprint density at radius 2 is 2.36 bits per heavy atom. The fourth-order valence-corrected chi connectivity index (χ4v) is 1.57. The number of carboxylic acids is 1. The molecule has 1 rings (SSSR count). The van der Waals surface area contributed by atoms with Crippen LogP contribution in [0.1, 0.15) is 17.1 Å². The van der Waals surface area contributed by atoms with Gasteiger partial charge in [-0.2, -0.15) is 0 Å². The highest BCUT2D eigenvalue weighted by atomic mass is 32.1. The van der Waals surface area contributed by atoms with E-state index in [9.17, 15) is 9.59 Å². The monoisotopic (exact) mass is 214 g/mol. The van der Waals surface area contributed by atoms with Gasteiger partial charge in [-0.15, -0.1) is 11.3 Å². The third kappa shape index (κ3) is 3.53. The average Bonchev–Trinajstić information content (AvgIpc) is 2.47. The number of aromatic nitrogens is 1. The number of nitrogens with one attached hydrogen (secondary N) is 1. The maximum Gasteiger partial charge on any atom is 0.312 e. The molecule has 2 N–H and O–H groups in total. The fraction of sp³-hybridized carbons (Fsp3) is 0.375. The number of carbonyl (C=O) groups is 2. The first kappa shape index (κ1) is 10.6. The van der Waals surface area contributed by atoms with Crippen LogP contribution in [0.3, 0.4) is 0 Å². The lowest BCUT2D eigenvalue weighted by Gasteiger charge is -1.99. The van der Waals surface area contributed by atoms with E-state index in [1.807, 2.05) is 12.3 Å². The summed E-state index contributed by atoms with van der Waals surface area (Å²) in [6.07, 6.45) is -0.496. The Hall–Kier alpha value is -1.43. The summed E-state index contributed by atoms with van der Waals surface area (Å²) in [5.41, 5.74) is 0.900. The molecule has 1 amide bonds. The molecule has 76 valence electrons. The second-order valence-corrected chi connectivity index (χ2v) is 3.67. The molecule has 0 radical (unpaired) electrons. The zero-order valence-electron chi connectivity index (χ0n) is 7.61. The molecule has 0 saturated heterocycles. The topological polar surface area (TPSA) is 79.3 Å². The van der Waals surface area contributed by atoms with Crippen molar-refractivity contribution in [3.63, 3.8) is 0 Å². The Labute approximate surface area is 84.8 Å². The molecule has 0 fully saturated rings. The molecule has 6 heteroatoms. The van der Waals surface area contributed by atoms with Crippen LogP contribution in [-0.2, 0) is 16.1 Å². The van der Waals surface area contributed by atoms with Crippen molar-refractivity contribution in [1.29, 1.82) is 0 Å². The first-order valence-electron chi connectivity index (χ1n) is 3.97. The van der Waals surface area contributed by atoms with E-state index in [4.69, 9.17) is 5.11 Å². The molecular weight excluding hydrogens is 204 g/mol. The molecule has 0 unspecified atom stereocenters. The van der Waals surface area contributed by atoms with Crippen molar-refractivity contribution in [1.82, 2.24) is 10.3 Å². The minimum atomic E-state index is -1.13. The molecule has 1 aromatic rings. The normalized spacial score (nSPS) is 9.79. The molecule has 0 bridgehead atoms. The van der Waals surface area contributed by atoms with Gasteiger partial charge in [-0.25, -0.2) is 4.98 Å². The average molecular weight is 214 g/mol. The van der Waals surface area contributed by atoms with Gasteiger partial charge in [0, 0.05) is 11.1 Å². The van der Waals surface area contributed by atoms with E-state index in [0.717, 1.165) is 10.7 Å². The molecule has 0 aliphatic heterocycles. The van der Waals surface area contributed by atoms with Crippen LogP contribution in [0.5, 0.6) is 0 Å². The van der Waals surface area contributed by atoms with Crippen molar-refractivity contribution in [3.8, 4) is 0 Å². The van der Waals surface area contributed by atoms with Gasteiger partial charge >= 0.3 is 5.97 Å². The predicted molar refractivity (Wildman–Crippen MR) is 51.0 cm³/mol. The number of carboxylic acid groups (broad SMARTS) is 1. The van der Waals surface area contributed by atoms with Crippen LogP contribution in [0.2, 0.25) is 0 Å². The van der Waals surface area contributed by atoms with Gasteiger partial charge in [-0.3, -0.25) is 9.59 Å². The van der Waals surface area contributed by atoms with Gasteiger partial charge in [-0.05, 0) is 6.92 Å². The van der Waals surface area contributed by atoms with Crippen LogP contribution in [0.25, 0.3) is 0 Å². The minimum Gasteiger partial charge on any atom is -0.481 e. The summed E-state index contributed by atoms with van der Waals surface area (Å²) in [6.45, 7) is 2.16. The lowest BCUT2D eigenvalue weighted by Crippen LogP contribution is -2.24. The first-order valence-corrected chi connectivity index (χ1v) is 4.85. The summed E-state index contributed by atoms with van der Waals surface area (Å²) in [5.74, 6) is -1.62. The number of nitrogens with zero attached hydrogens (tertiary/aromatic N) is 1. The van der Waals surface area contributed by atoms with Gasteiger partial charge in [0.2, 0.25) is 5.91 Å². The summed E-state index contributed by atoms with van der Waals surface area (Å²) in [5, 5.41) is 13.4. The number of hydrogen-bond acceptors (Lipinski definition) is 4. The van der Waals surface area contributed by atoms with Gasteiger partial charge in [-0.1, -0.05) is 0 Å². The van der Waals surface area contributed by atoms with Crippen molar-refractivity contribution in [2.24, 2.45) is 0 Å². The second kappa shape index (κ2) is 4.71. The number of aliphatic carboxylic acids is 1. The summed E-state index contributed by atoms with van der Waals surface area (Å²) in [7, 11) is 0. The summed E-state index contributed by atoms with van der Waals surface area (Å²) in [6, 6.07) is 0. The zero-order valence-corrected chi connectivity index (χ0v) is 8.43. The Balaban J connectivity index is 2.34. The van der Waals surface area contributed by atoms with E-state index >= 15 is 0 Å². The molecule has 0 saturated carbocycles. The van der Waals surface area contributed by atoms with E-state index in [-0.39, 0.29) is 0 Å². The number of rotatable bonds is 4. The van der Waals surface area contributed by atoms with E-state index in [1.165, 1.54) is 11.3 Å². The van der Waals surface area contributed by atoms with Crippen LogP contribution >= 0.6 is 11.3 Å². The maximum absolute atomic E-state index is 10.9. The number of aryl methyl sites for hydroxylation is 1. The van der Waals surface area contributed by atoms with Crippen LogP contribution in [0.4, 0.5) is 0 Å². The molecule has 0 spiro atoms. The van der Waals surface area contributed by atoms with Crippen LogP contribution in [-0.4, -0.2) is 22.0 Å². The highest BCUT2D eigenvalue weighted by molar-refractivity contribution is 7.09. The third-order valence-electron chi connectivity index (χ3n) is 1.42. The molecule has 1 aromatic heterocycles. The van der Waals surface area contributed by atoms with Crippen LogP contribution in [0.15, 0.2) is 5.38 Å². The summed E-state index contributed by atoms with van der Waals surface area (Å²) < 4.78 is 0. The Morgan fingerprint density at radius 3 is 2.86 bits per heavy atom. The highest BCUT2D eigenvalue weighted by Gasteiger charge is 2.07. The molecule has 14 heavy (non-hydrogen) atoms. The van der Waals surface area contributed by atoms with E-state index in [2.05, 4.69) is 10.3 Å². The van der Waals surface area contributed by atoms with Crippen molar-refractivity contribution in [2.75, 3.05) is 0 Å². The SMILES string of the molecule is Cc1csc(CNC(=O)CC(=O)O)n1.